The summed E-state index contributed by atoms with van der Waals surface area (Å²) in [4.78, 5) is 9.95. The molecule has 1 unspecified atom stereocenters. The first-order chi connectivity index (χ1) is 3.83. The zero-order chi connectivity index (χ0) is 5.98. The minimum absolute atomic E-state index is 0.255. The van der Waals surface area contributed by atoms with Gasteiger partial charge in [0.1, 0.15) is 18.1 Å². The van der Waals surface area contributed by atoms with Gasteiger partial charge in [-0.25, -0.2) is 5.43 Å². The second-order valence-corrected chi connectivity index (χ2v) is 1.55. The molecular weight excluding hydrogens is 106 g/mol. The third-order valence-electron chi connectivity index (χ3n) is 0.889. The third-order valence-corrected chi connectivity index (χ3v) is 0.889. The number of carbonyl (C=O) groups is 1. The molecule has 8 heavy (non-hydrogen) atoms. The monoisotopic (exact) mass is 113 g/mol. The molecule has 4 nitrogen and oxygen atoms in total. The zero-order valence-corrected chi connectivity index (χ0v) is 4.22. The van der Waals surface area contributed by atoms with E-state index in [9.17, 15) is 4.79 Å². The molecule has 4 heteroatoms. The quantitative estimate of drug-likeness (QED) is 0.360. The van der Waals surface area contributed by atoms with Crippen molar-refractivity contribution in [3.63, 3.8) is 0 Å². The van der Waals surface area contributed by atoms with Crippen LogP contribution in [0.1, 0.15) is 0 Å². The van der Waals surface area contributed by atoms with E-state index >= 15 is 0 Å². The third kappa shape index (κ3) is 0.788. The molecule has 0 bridgehead atoms. The Hall–Kier alpha value is -1.03. The number of nitrogens with two attached hydrogens (primary N) is 1. The summed E-state index contributed by atoms with van der Waals surface area (Å²) < 4.78 is 0. The van der Waals surface area contributed by atoms with Crippen molar-refractivity contribution in [2.75, 3.05) is 0 Å². The van der Waals surface area contributed by atoms with Gasteiger partial charge < -0.3 is 16.0 Å². The predicted octanol–water partition coefficient (Wildman–Crippen LogP) is -1.54. The molecule has 0 saturated carbocycles. The van der Waals surface area contributed by atoms with Gasteiger partial charge in [-0.3, -0.25) is 0 Å². The Morgan fingerprint density at radius 3 is 2.88 bits per heavy atom. The number of carbonyl (C=O) groups excluding carboxylic acids is 1. The molecule has 0 radical (unpaired) electrons. The van der Waals surface area contributed by atoms with Crippen LogP contribution >= 0.6 is 0 Å². The number of hydrazine groups is 1. The van der Waals surface area contributed by atoms with E-state index < -0.39 is 0 Å². The second-order valence-electron chi connectivity index (χ2n) is 1.55. The molecule has 0 aromatic heterocycles. The molecule has 4 N–H and O–H groups in total. The summed E-state index contributed by atoms with van der Waals surface area (Å²) in [6.07, 6.45) is 2.37. The molecule has 1 rings (SSSR count). The highest BCUT2D eigenvalue weighted by Gasteiger charge is 2.08. The van der Waals surface area contributed by atoms with Gasteiger partial charge in [0.25, 0.3) is 0 Å². The Bertz CT molecular complexity index is 131. The van der Waals surface area contributed by atoms with Crippen LogP contribution in [0.2, 0.25) is 0 Å². The lowest BCUT2D eigenvalue weighted by atomic mass is 10.3. The molecule has 0 spiro atoms. The van der Waals surface area contributed by atoms with Crippen LogP contribution in [0.15, 0.2) is 11.9 Å². The van der Waals surface area contributed by atoms with Crippen molar-refractivity contribution in [3.8, 4) is 0 Å². The van der Waals surface area contributed by atoms with Gasteiger partial charge in [-0.2, -0.15) is 0 Å². The molecular formula is C4H7N3O. The summed E-state index contributed by atoms with van der Waals surface area (Å²) in [5.74, 6) is 0.502. The van der Waals surface area contributed by atoms with Gasteiger partial charge >= 0.3 is 0 Å². The fourth-order valence-electron chi connectivity index (χ4n) is 0.517. The summed E-state index contributed by atoms with van der Waals surface area (Å²) in [6, 6.07) is -0.255. The molecule has 44 valence electrons. The van der Waals surface area contributed by atoms with Crippen molar-refractivity contribution in [2.24, 2.45) is 5.73 Å². The molecule has 0 fully saturated rings. The Morgan fingerprint density at radius 2 is 2.62 bits per heavy atom. The minimum atomic E-state index is -0.255. The Labute approximate surface area is 46.7 Å². The van der Waals surface area contributed by atoms with Crippen molar-refractivity contribution in [3.05, 3.63) is 11.9 Å². The number of aldehydes is 1. The van der Waals surface area contributed by atoms with E-state index in [-0.39, 0.29) is 6.04 Å². The van der Waals surface area contributed by atoms with E-state index in [4.69, 9.17) is 5.73 Å². The van der Waals surface area contributed by atoms with E-state index in [1.54, 1.807) is 6.08 Å². The van der Waals surface area contributed by atoms with Crippen LogP contribution in [0, 0.1) is 0 Å². The van der Waals surface area contributed by atoms with Crippen molar-refractivity contribution in [1.82, 2.24) is 10.9 Å². The van der Waals surface area contributed by atoms with E-state index in [1.165, 1.54) is 0 Å². The molecule has 1 atom stereocenters. The average Bonchev–Trinajstić information content (AvgIpc) is 2.14. The zero-order valence-electron chi connectivity index (χ0n) is 4.22. The molecule has 1 aliphatic rings. The number of nitrogens with one attached hydrogen (secondary N) is 2. The molecule has 0 aromatic carbocycles. The first-order valence-corrected chi connectivity index (χ1v) is 2.27. The van der Waals surface area contributed by atoms with Gasteiger partial charge in [0.05, 0.1) is 0 Å². The standard InChI is InChI=1S/C4H7N3O/c5-4-1-3(2-8)6-7-4/h1-3,6-7H,5H2. The number of hydrogen-bond acceptors (Lipinski definition) is 4. The molecule has 0 amide bonds. The van der Waals surface area contributed by atoms with Crippen LogP contribution in [-0.2, 0) is 4.79 Å². The van der Waals surface area contributed by atoms with E-state index in [0.717, 1.165) is 6.29 Å². The Morgan fingerprint density at radius 1 is 1.88 bits per heavy atom. The maximum absolute atomic E-state index is 9.95. The van der Waals surface area contributed by atoms with Crippen molar-refractivity contribution >= 4 is 6.29 Å². The topological polar surface area (TPSA) is 67.2 Å². The minimum Gasteiger partial charge on any atom is -0.385 e. The van der Waals surface area contributed by atoms with Crippen LogP contribution in [0.25, 0.3) is 0 Å². The highest BCUT2D eigenvalue weighted by Crippen LogP contribution is 1.89. The van der Waals surface area contributed by atoms with E-state index in [2.05, 4.69) is 10.9 Å². The lowest BCUT2D eigenvalue weighted by Crippen LogP contribution is -2.34. The van der Waals surface area contributed by atoms with Crippen LogP contribution in [-0.4, -0.2) is 12.3 Å². The van der Waals surface area contributed by atoms with Gasteiger partial charge in [0.15, 0.2) is 0 Å². The van der Waals surface area contributed by atoms with Crippen LogP contribution < -0.4 is 16.6 Å². The largest absolute Gasteiger partial charge is 0.385 e. The van der Waals surface area contributed by atoms with Gasteiger partial charge in [0, 0.05) is 0 Å². The van der Waals surface area contributed by atoms with Gasteiger partial charge in [-0.1, -0.05) is 0 Å². The first kappa shape index (κ1) is 5.11. The fraction of sp³-hybridized carbons (Fsp3) is 0.250. The molecule has 0 saturated heterocycles. The van der Waals surface area contributed by atoms with Crippen molar-refractivity contribution in [2.45, 2.75) is 6.04 Å². The Kier molecular flexibility index (Phi) is 1.17. The average molecular weight is 113 g/mol. The highest BCUT2D eigenvalue weighted by molar-refractivity contribution is 5.61. The molecule has 0 aliphatic carbocycles. The summed E-state index contributed by atoms with van der Waals surface area (Å²) in [5, 5.41) is 0. The maximum Gasteiger partial charge on any atom is 0.142 e. The molecule has 1 aliphatic heterocycles. The van der Waals surface area contributed by atoms with Crippen molar-refractivity contribution < 1.29 is 4.79 Å². The highest BCUT2D eigenvalue weighted by atomic mass is 16.1. The van der Waals surface area contributed by atoms with Crippen LogP contribution in [0.4, 0.5) is 0 Å². The fourth-order valence-corrected chi connectivity index (χ4v) is 0.517. The van der Waals surface area contributed by atoms with Gasteiger partial charge in [-0.05, 0) is 6.08 Å². The smallest absolute Gasteiger partial charge is 0.142 e. The van der Waals surface area contributed by atoms with E-state index in [0.29, 0.717) is 5.82 Å². The summed E-state index contributed by atoms with van der Waals surface area (Å²) in [7, 11) is 0. The molecule has 0 aromatic rings. The van der Waals surface area contributed by atoms with Gasteiger partial charge in [-0.15, -0.1) is 0 Å². The predicted molar refractivity (Wildman–Crippen MR) is 28.4 cm³/mol. The van der Waals surface area contributed by atoms with Crippen LogP contribution in [0.3, 0.4) is 0 Å². The number of hydrogen-bond donors (Lipinski definition) is 3. The summed E-state index contributed by atoms with van der Waals surface area (Å²) >= 11 is 0. The van der Waals surface area contributed by atoms with Gasteiger partial charge in [0.2, 0.25) is 0 Å². The van der Waals surface area contributed by atoms with E-state index in [1.807, 2.05) is 0 Å². The van der Waals surface area contributed by atoms with Crippen LogP contribution in [0.5, 0.6) is 0 Å². The lowest BCUT2D eigenvalue weighted by molar-refractivity contribution is -0.108. The lowest BCUT2D eigenvalue weighted by Gasteiger charge is -1.96. The van der Waals surface area contributed by atoms with Crippen molar-refractivity contribution in [1.29, 1.82) is 0 Å². The number of rotatable bonds is 1. The maximum atomic E-state index is 9.95. The SMILES string of the molecule is NC1=CC(C=O)NN1. The first-order valence-electron chi connectivity index (χ1n) is 2.27. The normalized spacial score (nSPS) is 26.5. The summed E-state index contributed by atoms with van der Waals surface area (Å²) in [5.41, 5.74) is 10.4. The summed E-state index contributed by atoms with van der Waals surface area (Å²) in [6.45, 7) is 0. The molecule has 1 heterocycles. The second kappa shape index (κ2) is 1.83. The Balaban J connectivity index is 2.53.